The first kappa shape index (κ1) is 13.8. The van der Waals surface area contributed by atoms with Gasteiger partial charge < -0.3 is 11.1 Å². The summed E-state index contributed by atoms with van der Waals surface area (Å²) in [5.41, 5.74) is 9.03. The zero-order chi connectivity index (χ0) is 13.8. The molecule has 100 valence electrons. The van der Waals surface area contributed by atoms with E-state index in [1.54, 1.807) is 12.3 Å². The Balaban J connectivity index is 2.17. The lowest BCUT2D eigenvalue weighted by Crippen LogP contribution is -2.07. The van der Waals surface area contributed by atoms with E-state index in [0.717, 1.165) is 12.1 Å². The highest BCUT2D eigenvalue weighted by Crippen LogP contribution is 2.27. The third-order valence-corrected chi connectivity index (χ3v) is 3.51. The summed E-state index contributed by atoms with van der Waals surface area (Å²) < 4.78 is 13.7. The van der Waals surface area contributed by atoms with Crippen LogP contribution in [0.2, 0.25) is 0 Å². The molecule has 0 spiro atoms. The maximum absolute atomic E-state index is 13.3. The summed E-state index contributed by atoms with van der Waals surface area (Å²) in [5, 5.41) is 3.19. The molecule has 0 radical (unpaired) electrons. The van der Waals surface area contributed by atoms with Gasteiger partial charge in [-0.15, -0.1) is 0 Å². The molecule has 0 saturated carbocycles. The van der Waals surface area contributed by atoms with Crippen LogP contribution >= 0.6 is 15.9 Å². The van der Waals surface area contributed by atoms with Gasteiger partial charge in [0.25, 0.3) is 0 Å². The lowest BCUT2D eigenvalue weighted by molar-refractivity contribution is 0.622. The Hall–Kier alpha value is -1.62. The van der Waals surface area contributed by atoms with Crippen molar-refractivity contribution in [2.75, 3.05) is 11.1 Å². The zero-order valence-corrected chi connectivity index (χ0v) is 12.2. The molecule has 0 saturated heterocycles. The second kappa shape index (κ2) is 6.02. The number of benzene rings is 1. The number of halogens is 2. The molecule has 0 atom stereocenters. The van der Waals surface area contributed by atoms with Crippen molar-refractivity contribution in [1.82, 2.24) is 4.98 Å². The van der Waals surface area contributed by atoms with Gasteiger partial charge in [0.15, 0.2) is 0 Å². The molecule has 0 aliphatic carbocycles. The number of pyridine rings is 1. The van der Waals surface area contributed by atoms with Crippen LogP contribution in [0.3, 0.4) is 0 Å². The maximum Gasteiger partial charge on any atom is 0.139 e. The fourth-order valence-electron chi connectivity index (χ4n) is 1.85. The van der Waals surface area contributed by atoms with Crippen LogP contribution in [0.25, 0.3) is 0 Å². The summed E-state index contributed by atoms with van der Waals surface area (Å²) in [5.74, 6) is -0.366. The van der Waals surface area contributed by atoms with E-state index in [1.165, 1.54) is 11.6 Å². The number of hydrogen-bond donors (Lipinski definition) is 2. The average molecular weight is 324 g/mol. The van der Waals surface area contributed by atoms with Crippen LogP contribution in [0.1, 0.15) is 18.2 Å². The normalized spacial score (nSPS) is 10.5. The van der Waals surface area contributed by atoms with Gasteiger partial charge in [-0.3, -0.25) is 4.98 Å². The average Bonchev–Trinajstić information content (AvgIpc) is 2.41. The molecule has 0 aliphatic heterocycles. The predicted octanol–water partition coefficient (Wildman–Crippen LogP) is 3.74. The van der Waals surface area contributed by atoms with Crippen LogP contribution < -0.4 is 11.1 Å². The van der Waals surface area contributed by atoms with E-state index in [0.29, 0.717) is 22.4 Å². The summed E-state index contributed by atoms with van der Waals surface area (Å²) in [6.07, 6.45) is 2.69. The van der Waals surface area contributed by atoms with Crippen molar-refractivity contribution in [2.24, 2.45) is 0 Å². The van der Waals surface area contributed by atoms with E-state index in [4.69, 9.17) is 5.73 Å². The smallest absolute Gasteiger partial charge is 0.139 e. The van der Waals surface area contributed by atoms with E-state index in [2.05, 4.69) is 33.2 Å². The Kier molecular flexibility index (Phi) is 4.37. The van der Waals surface area contributed by atoms with E-state index in [-0.39, 0.29) is 5.82 Å². The largest absolute Gasteiger partial charge is 0.397 e. The van der Waals surface area contributed by atoms with Crippen molar-refractivity contribution in [3.05, 3.63) is 52.0 Å². The SMILES string of the molecule is CCc1cccnc1CNc1cc(Br)c(F)cc1N. The van der Waals surface area contributed by atoms with Crippen molar-refractivity contribution >= 4 is 27.3 Å². The molecule has 0 unspecified atom stereocenters. The molecule has 0 aliphatic rings. The summed E-state index contributed by atoms with van der Waals surface area (Å²) in [6.45, 7) is 2.65. The topological polar surface area (TPSA) is 50.9 Å². The first-order chi connectivity index (χ1) is 9.11. The van der Waals surface area contributed by atoms with Crippen LogP contribution in [0.5, 0.6) is 0 Å². The summed E-state index contributed by atoms with van der Waals surface area (Å²) in [6, 6.07) is 6.91. The number of aryl methyl sites for hydroxylation is 1. The molecule has 5 heteroatoms. The van der Waals surface area contributed by atoms with Crippen molar-refractivity contribution < 1.29 is 4.39 Å². The number of nitrogens with two attached hydrogens (primary N) is 1. The molecule has 19 heavy (non-hydrogen) atoms. The molecule has 1 aromatic heterocycles. The highest BCUT2D eigenvalue weighted by molar-refractivity contribution is 9.10. The van der Waals surface area contributed by atoms with Crippen LogP contribution in [0.4, 0.5) is 15.8 Å². The number of aromatic nitrogens is 1. The molecule has 2 rings (SSSR count). The van der Waals surface area contributed by atoms with Gasteiger partial charge in [-0.05, 0) is 40.0 Å². The fraction of sp³-hybridized carbons (Fsp3) is 0.214. The fourth-order valence-corrected chi connectivity index (χ4v) is 2.19. The van der Waals surface area contributed by atoms with Gasteiger partial charge in [0.2, 0.25) is 0 Å². The number of anilines is 2. The van der Waals surface area contributed by atoms with Gasteiger partial charge in [0.1, 0.15) is 5.82 Å². The molecule has 1 aromatic carbocycles. The lowest BCUT2D eigenvalue weighted by atomic mass is 10.1. The molecule has 0 fully saturated rings. The summed E-state index contributed by atoms with van der Waals surface area (Å²) in [7, 11) is 0. The minimum Gasteiger partial charge on any atom is -0.397 e. The van der Waals surface area contributed by atoms with E-state index in [1.807, 2.05) is 12.1 Å². The molecule has 2 aromatic rings. The lowest BCUT2D eigenvalue weighted by Gasteiger charge is -2.12. The monoisotopic (exact) mass is 323 g/mol. The van der Waals surface area contributed by atoms with Crippen LogP contribution in [-0.4, -0.2) is 4.98 Å². The predicted molar refractivity (Wildman–Crippen MR) is 79.5 cm³/mol. The number of nitrogen functional groups attached to an aromatic ring is 1. The Morgan fingerprint density at radius 3 is 2.95 bits per heavy atom. The zero-order valence-electron chi connectivity index (χ0n) is 10.6. The summed E-state index contributed by atoms with van der Waals surface area (Å²) >= 11 is 3.15. The summed E-state index contributed by atoms with van der Waals surface area (Å²) in [4.78, 5) is 4.35. The number of nitrogens with one attached hydrogen (secondary N) is 1. The minimum absolute atomic E-state index is 0.366. The van der Waals surface area contributed by atoms with E-state index in [9.17, 15) is 4.39 Å². The first-order valence-corrected chi connectivity index (χ1v) is 6.82. The molecule has 3 nitrogen and oxygen atoms in total. The van der Waals surface area contributed by atoms with E-state index >= 15 is 0 Å². The Morgan fingerprint density at radius 1 is 1.42 bits per heavy atom. The highest BCUT2D eigenvalue weighted by atomic mass is 79.9. The Labute approximate surface area is 120 Å². The number of nitrogens with zero attached hydrogens (tertiary/aromatic N) is 1. The molecular weight excluding hydrogens is 309 g/mol. The van der Waals surface area contributed by atoms with Gasteiger partial charge in [-0.1, -0.05) is 13.0 Å². The van der Waals surface area contributed by atoms with Gasteiger partial charge in [0, 0.05) is 12.3 Å². The first-order valence-electron chi connectivity index (χ1n) is 6.03. The Bertz CT molecular complexity index is 587. The van der Waals surface area contributed by atoms with Gasteiger partial charge in [0.05, 0.1) is 28.1 Å². The van der Waals surface area contributed by atoms with Gasteiger partial charge >= 0.3 is 0 Å². The number of rotatable bonds is 4. The van der Waals surface area contributed by atoms with Crippen molar-refractivity contribution in [3.8, 4) is 0 Å². The highest BCUT2D eigenvalue weighted by Gasteiger charge is 2.07. The third kappa shape index (κ3) is 3.23. The standard InChI is InChI=1S/C14H15BrFN3/c1-2-9-4-3-5-18-14(9)8-19-13-6-10(15)11(16)7-12(13)17/h3-7,19H,2,8,17H2,1H3. The second-order valence-electron chi connectivity index (χ2n) is 4.17. The second-order valence-corrected chi connectivity index (χ2v) is 5.02. The van der Waals surface area contributed by atoms with Gasteiger partial charge in [-0.25, -0.2) is 4.39 Å². The molecule has 0 amide bonds. The van der Waals surface area contributed by atoms with Gasteiger partial charge in [-0.2, -0.15) is 0 Å². The minimum atomic E-state index is -0.366. The number of hydrogen-bond acceptors (Lipinski definition) is 3. The Morgan fingerprint density at radius 2 is 2.21 bits per heavy atom. The van der Waals surface area contributed by atoms with E-state index < -0.39 is 0 Å². The third-order valence-electron chi connectivity index (χ3n) is 2.90. The molecule has 0 bridgehead atoms. The van der Waals surface area contributed by atoms with Crippen molar-refractivity contribution in [1.29, 1.82) is 0 Å². The molecule has 3 N–H and O–H groups in total. The van der Waals surface area contributed by atoms with Crippen LogP contribution in [0.15, 0.2) is 34.9 Å². The van der Waals surface area contributed by atoms with Crippen molar-refractivity contribution in [2.45, 2.75) is 19.9 Å². The van der Waals surface area contributed by atoms with Crippen LogP contribution in [-0.2, 0) is 13.0 Å². The maximum atomic E-state index is 13.3. The quantitative estimate of drug-likeness (QED) is 0.843. The molecule has 1 heterocycles. The molecular formula is C14H15BrFN3. The van der Waals surface area contributed by atoms with Crippen molar-refractivity contribution in [3.63, 3.8) is 0 Å². The van der Waals surface area contributed by atoms with Crippen LogP contribution in [0, 0.1) is 5.82 Å².